The number of rotatable bonds is 50. The number of carbonyl (C=O) groups excluding carboxylic acids is 3. The van der Waals surface area contributed by atoms with Crippen molar-refractivity contribution in [2.45, 2.75) is 264 Å². The maximum absolute atomic E-state index is 12.8. The minimum absolute atomic E-state index is 0.0944. The molecule has 0 aromatic carbocycles. The molecule has 0 aromatic heterocycles. The van der Waals surface area contributed by atoms with Gasteiger partial charge in [0.2, 0.25) is 0 Å². The van der Waals surface area contributed by atoms with E-state index in [1.54, 1.807) is 0 Å². The Balaban J connectivity index is 4.47. The van der Waals surface area contributed by atoms with Crippen molar-refractivity contribution < 1.29 is 28.6 Å². The molecule has 0 aliphatic rings. The molecule has 0 aliphatic carbocycles. The molecule has 0 bridgehead atoms. The summed E-state index contributed by atoms with van der Waals surface area (Å²) in [5.74, 6) is -0.939. The highest BCUT2D eigenvalue weighted by molar-refractivity contribution is 5.71. The van der Waals surface area contributed by atoms with Gasteiger partial charge in [0, 0.05) is 19.3 Å². The third kappa shape index (κ3) is 53.3. The SMILES string of the molecule is CC/C=C\C/C=C\C/C=C\C/C=C\CCCCCCC(=O)OCC(COC(=O)CCCCCCCCCCCCCCCCCC)OC(=O)CCCCCC/C=C\C/C=C\C/C=C\C/C=C\CC. The van der Waals surface area contributed by atoms with Crippen LogP contribution >= 0.6 is 0 Å². The molecule has 0 radical (unpaired) electrons. The van der Waals surface area contributed by atoms with Gasteiger partial charge in [0.25, 0.3) is 0 Å². The van der Waals surface area contributed by atoms with Crippen LogP contribution in [0.1, 0.15) is 258 Å². The molecule has 0 amide bonds. The van der Waals surface area contributed by atoms with Crippen LogP contribution in [-0.2, 0) is 28.6 Å². The van der Waals surface area contributed by atoms with Crippen molar-refractivity contribution in [3.63, 3.8) is 0 Å². The summed E-state index contributed by atoms with van der Waals surface area (Å²) in [6.45, 7) is 6.38. The maximum atomic E-state index is 12.8. The van der Waals surface area contributed by atoms with Crippen LogP contribution in [0.15, 0.2) is 97.2 Å². The molecule has 0 saturated heterocycles. The number of hydrogen-bond donors (Lipinski definition) is 0. The van der Waals surface area contributed by atoms with Crippen LogP contribution < -0.4 is 0 Å². The second-order valence-electron chi connectivity index (χ2n) is 18.4. The van der Waals surface area contributed by atoms with E-state index in [0.717, 1.165) is 135 Å². The van der Waals surface area contributed by atoms with Crippen LogP contribution in [0.4, 0.5) is 0 Å². The van der Waals surface area contributed by atoms with Gasteiger partial charge in [0.1, 0.15) is 13.2 Å². The predicted molar refractivity (Wildman–Crippen MR) is 293 cm³/mol. The predicted octanol–water partition coefficient (Wildman–Crippen LogP) is 18.9. The summed E-state index contributed by atoms with van der Waals surface area (Å²) in [5, 5.41) is 0. The molecule has 388 valence electrons. The molecule has 0 N–H and O–H groups in total. The van der Waals surface area contributed by atoms with Crippen LogP contribution in [0, 0.1) is 0 Å². The van der Waals surface area contributed by atoms with Crippen molar-refractivity contribution in [1.82, 2.24) is 0 Å². The normalized spacial score (nSPS) is 12.8. The standard InChI is InChI=1S/C62H104O6/c1-4-7-10-13-16-19-22-25-28-31-34-37-40-43-46-49-52-55-61(64)67-58-59(57-66-60(63)54-51-48-45-42-39-36-33-30-27-24-21-18-15-12-9-6-3)68-62(65)56-53-50-47-44-41-38-35-32-29-26-23-20-17-14-11-8-5-2/h7-8,10-11,16-17,19-20,25-26,28-29,34-35,37-38,59H,4-6,9,12-15,18,21-24,27,30-33,36,39-58H2,1-3H3/b10-7-,11-8-,19-16-,20-17-,28-25-,29-26-,37-34-,38-35-. The van der Waals surface area contributed by atoms with E-state index in [4.69, 9.17) is 14.2 Å². The van der Waals surface area contributed by atoms with Gasteiger partial charge in [-0.3, -0.25) is 14.4 Å². The van der Waals surface area contributed by atoms with Crippen LogP contribution in [0.25, 0.3) is 0 Å². The van der Waals surface area contributed by atoms with Gasteiger partial charge in [-0.2, -0.15) is 0 Å². The Labute approximate surface area is 419 Å². The van der Waals surface area contributed by atoms with Gasteiger partial charge in [0.15, 0.2) is 6.10 Å². The van der Waals surface area contributed by atoms with E-state index in [-0.39, 0.29) is 31.1 Å². The quantitative estimate of drug-likeness (QED) is 0.0262. The topological polar surface area (TPSA) is 78.9 Å². The third-order valence-corrected chi connectivity index (χ3v) is 11.8. The lowest BCUT2D eigenvalue weighted by atomic mass is 10.0. The number of unbranched alkanes of at least 4 members (excludes halogenated alkanes) is 23. The molecule has 1 unspecified atom stereocenters. The van der Waals surface area contributed by atoms with Crippen molar-refractivity contribution in [2.75, 3.05) is 13.2 Å². The first-order valence-electron chi connectivity index (χ1n) is 28.2. The highest BCUT2D eigenvalue weighted by atomic mass is 16.6. The first-order chi connectivity index (χ1) is 33.5. The highest BCUT2D eigenvalue weighted by Gasteiger charge is 2.19. The zero-order chi connectivity index (χ0) is 49.3. The summed E-state index contributed by atoms with van der Waals surface area (Å²) in [7, 11) is 0. The third-order valence-electron chi connectivity index (χ3n) is 11.8. The van der Waals surface area contributed by atoms with E-state index < -0.39 is 6.10 Å². The molecule has 0 aromatic rings. The van der Waals surface area contributed by atoms with E-state index in [2.05, 4.69) is 118 Å². The van der Waals surface area contributed by atoms with E-state index >= 15 is 0 Å². The number of esters is 3. The van der Waals surface area contributed by atoms with Gasteiger partial charge >= 0.3 is 17.9 Å². The lowest BCUT2D eigenvalue weighted by Gasteiger charge is -2.18. The molecule has 0 spiro atoms. The fourth-order valence-corrected chi connectivity index (χ4v) is 7.66. The molecule has 0 heterocycles. The molecule has 6 nitrogen and oxygen atoms in total. The smallest absolute Gasteiger partial charge is 0.306 e. The second-order valence-corrected chi connectivity index (χ2v) is 18.4. The van der Waals surface area contributed by atoms with Gasteiger partial charge in [-0.25, -0.2) is 0 Å². The maximum Gasteiger partial charge on any atom is 0.306 e. The van der Waals surface area contributed by atoms with Crippen LogP contribution in [0.2, 0.25) is 0 Å². The summed E-state index contributed by atoms with van der Waals surface area (Å²) in [6, 6.07) is 0. The van der Waals surface area contributed by atoms with Crippen LogP contribution in [-0.4, -0.2) is 37.2 Å². The van der Waals surface area contributed by atoms with Gasteiger partial charge in [-0.05, 0) is 96.3 Å². The van der Waals surface area contributed by atoms with Gasteiger partial charge in [-0.1, -0.05) is 240 Å². The fraction of sp³-hybridized carbons (Fsp3) is 0.694. The average Bonchev–Trinajstić information content (AvgIpc) is 3.34. The van der Waals surface area contributed by atoms with Gasteiger partial charge in [-0.15, -0.1) is 0 Å². The Kier molecular flexibility index (Phi) is 52.9. The molecule has 1 atom stereocenters. The monoisotopic (exact) mass is 945 g/mol. The highest BCUT2D eigenvalue weighted by Crippen LogP contribution is 2.15. The summed E-state index contributed by atoms with van der Waals surface area (Å²) in [6.07, 6.45) is 73.9. The zero-order valence-electron chi connectivity index (χ0n) is 44.3. The summed E-state index contributed by atoms with van der Waals surface area (Å²) in [4.78, 5) is 38.1. The number of hydrogen-bond acceptors (Lipinski definition) is 6. The van der Waals surface area contributed by atoms with Crippen molar-refractivity contribution in [2.24, 2.45) is 0 Å². The minimum atomic E-state index is -0.801. The Bertz CT molecular complexity index is 1360. The Morgan fingerprint density at radius 3 is 0.897 bits per heavy atom. The van der Waals surface area contributed by atoms with Gasteiger partial charge in [0.05, 0.1) is 0 Å². The summed E-state index contributed by atoms with van der Waals surface area (Å²) in [5.41, 5.74) is 0. The minimum Gasteiger partial charge on any atom is -0.462 e. The van der Waals surface area contributed by atoms with Gasteiger partial charge < -0.3 is 14.2 Å². The lowest BCUT2D eigenvalue weighted by molar-refractivity contribution is -0.167. The molecular formula is C62H104O6. The van der Waals surface area contributed by atoms with E-state index in [1.165, 1.54) is 83.5 Å². The fourth-order valence-electron chi connectivity index (χ4n) is 7.66. The largest absolute Gasteiger partial charge is 0.462 e. The molecule has 0 saturated carbocycles. The lowest BCUT2D eigenvalue weighted by Crippen LogP contribution is -2.30. The average molecular weight is 946 g/mol. The summed E-state index contributed by atoms with van der Waals surface area (Å²) < 4.78 is 16.8. The summed E-state index contributed by atoms with van der Waals surface area (Å²) >= 11 is 0. The van der Waals surface area contributed by atoms with E-state index in [9.17, 15) is 14.4 Å². The first-order valence-corrected chi connectivity index (χ1v) is 28.2. The van der Waals surface area contributed by atoms with Crippen molar-refractivity contribution in [3.8, 4) is 0 Å². The van der Waals surface area contributed by atoms with E-state index in [1.807, 2.05) is 0 Å². The second kappa shape index (κ2) is 55.9. The number of allylic oxidation sites excluding steroid dienone is 16. The Morgan fingerprint density at radius 1 is 0.309 bits per heavy atom. The van der Waals surface area contributed by atoms with Crippen LogP contribution in [0.3, 0.4) is 0 Å². The zero-order valence-corrected chi connectivity index (χ0v) is 44.3. The molecule has 0 aliphatic heterocycles. The Hall–Kier alpha value is -3.67. The number of ether oxygens (including phenoxy) is 3. The molecule has 68 heavy (non-hydrogen) atoms. The first kappa shape index (κ1) is 64.3. The van der Waals surface area contributed by atoms with E-state index in [0.29, 0.717) is 19.3 Å². The van der Waals surface area contributed by atoms with Crippen molar-refractivity contribution in [1.29, 1.82) is 0 Å². The van der Waals surface area contributed by atoms with Crippen molar-refractivity contribution in [3.05, 3.63) is 97.2 Å². The Morgan fingerprint density at radius 2 is 0.574 bits per heavy atom. The molecule has 0 fully saturated rings. The molecule has 6 heteroatoms. The molecule has 0 rings (SSSR count). The number of carbonyl (C=O) groups is 3. The van der Waals surface area contributed by atoms with Crippen LogP contribution in [0.5, 0.6) is 0 Å². The van der Waals surface area contributed by atoms with Crippen molar-refractivity contribution >= 4 is 17.9 Å². The molecular weight excluding hydrogens is 841 g/mol.